The number of hydrogen-bond acceptors (Lipinski definition) is 3. The van der Waals surface area contributed by atoms with Gasteiger partial charge >= 0.3 is 0 Å². The topological polar surface area (TPSA) is 47.2 Å². The van der Waals surface area contributed by atoms with Gasteiger partial charge in [-0.05, 0) is 13.0 Å². The van der Waals surface area contributed by atoms with Gasteiger partial charge in [-0.15, -0.1) is 0 Å². The van der Waals surface area contributed by atoms with E-state index in [1.54, 1.807) is 0 Å². The highest BCUT2D eigenvalue weighted by atomic mass is 32.1. The first kappa shape index (κ1) is 14.2. The number of aliphatic hydroxyl groups is 1. The molecule has 0 aliphatic heterocycles. The van der Waals surface area contributed by atoms with E-state index in [0.717, 1.165) is 27.7 Å². The molecule has 2 aromatic rings. The normalized spacial score (nSPS) is 12.6. The van der Waals surface area contributed by atoms with Gasteiger partial charge in [-0.1, -0.05) is 47.2 Å². The van der Waals surface area contributed by atoms with Crippen molar-refractivity contribution in [1.82, 2.24) is 0 Å². The molecule has 1 unspecified atom stereocenters. The first-order chi connectivity index (χ1) is 9.19. The Kier molecular flexibility index (Phi) is 4.69. The molecular weight excluding hydrogens is 258 g/mol. The lowest BCUT2D eigenvalue weighted by Crippen LogP contribution is -2.41. The zero-order valence-electron chi connectivity index (χ0n) is 11.3. The highest BCUT2D eigenvalue weighted by Crippen LogP contribution is 2.25. The number of benzene rings is 1. The number of rotatable bonds is 5. The van der Waals surface area contributed by atoms with Crippen molar-refractivity contribution >= 4 is 11.3 Å². The molecule has 1 aromatic heterocycles. The summed E-state index contributed by atoms with van der Waals surface area (Å²) in [6.45, 7) is 4.98. The van der Waals surface area contributed by atoms with Gasteiger partial charge in [-0.2, -0.15) is 4.57 Å². The zero-order valence-corrected chi connectivity index (χ0v) is 12.1. The highest BCUT2D eigenvalue weighted by molar-refractivity contribution is 7.11. The molecule has 0 radical (unpaired) electrons. The van der Waals surface area contributed by atoms with E-state index in [1.807, 2.05) is 44.2 Å². The van der Waals surface area contributed by atoms with Gasteiger partial charge in [0, 0.05) is 20.0 Å². The summed E-state index contributed by atoms with van der Waals surface area (Å²) < 4.78 is 2.07. The predicted molar refractivity (Wildman–Crippen MR) is 74.0 cm³/mol. The standard InChI is InChI=1S/C15H19NO2S/c1-3-16-11(2)13(9-10-17)19-15(16)14(18)12-7-5-4-6-8-12/h4-8,14,17H,3,9-10H2,1-2H3. The average molecular weight is 277 g/mol. The Bertz CT molecular complexity index is 537. The first-order valence-corrected chi connectivity index (χ1v) is 7.34. The van der Waals surface area contributed by atoms with Gasteiger partial charge in [0.2, 0.25) is 5.01 Å². The second-order valence-corrected chi connectivity index (χ2v) is 5.57. The molecule has 1 heterocycles. The second-order valence-electron chi connectivity index (χ2n) is 4.46. The minimum atomic E-state index is -0.850. The Labute approximate surface area is 117 Å². The van der Waals surface area contributed by atoms with Gasteiger partial charge in [0.1, 0.15) is 6.54 Å². The van der Waals surface area contributed by atoms with Gasteiger partial charge in [0.25, 0.3) is 0 Å². The fourth-order valence-corrected chi connectivity index (χ4v) is 3.59. The molecule has 1 N–H and O–H groups in total. The molecule has 0 saturated carbocycles. The maximum atomic E-state index is 12.6. The van der Waals surface area contributed by atoms with Crippen molar-refractivity contribution in [3.05, 3.63) is 51.5 Å². The van der Waals surface area contributed by atoms with Gasteiger partial charge in [0.15, 0.2) is 5.69 Å². The van der Waals surface area contributed by atoms with E-state index in [1.165, 1.54) is 11.3 Å². The van der Waals surface area contributed by atoms with E-state index in [2.05, 4.69) is 4.57 Å². The molecule has 19 heavy (non-hydrogen) atoms. The van der Waals surface area contributed by atoms with Crippen LogP contribution in [0.4, 0.5) is 0 Å². The summed E-state index contributed by atoms with van der Waals surface area (Å²) >= 11 is 1.53. The summed E-state index contributed by atoms with van der Waals surface area (Å²) in [4.78, 5) is 1.11. The van der Waals surface area contributed by atoms with Crippen molar-refractivity contribution in [1.29, 1.82) is 0 Å². The monoisotopic (exact) mass is 277 g/mol. The lowest BCUT2D eigenvalue weighted by atomic mass is 10.1. The van der Waals surface area contributed by atoms with Crippen LogP contribution in [0.2, 0.25) is 0 Å². The largest absolute Gasteiger partial charge is 0.840 e. The van der Waals surface area contributed by atoms with Crippen LogP contribution < -0.4 is 9.67 Å². The van der Waals surface area contributed by atoms with Gasteiger partial charge < -0.3 is 10.2 Å². The Balaban J connectivity index is 2.41. The second kappa shape index (κ2) is 6.28. The van der Waals surface area contributed by atoms with Crippen LogP contribution in [0.15, 0.2) is 30.3 Å². The summed E-state index contributed by atoms with van der Waals surface area (Å²) in [7, 11) is 0. The van der Waals surface area contributed by atoms with Crippen LogP contribution in [0.5, 0.6) is 0 Å². The molecular formula is C15H19NO2S. The number of aromatic nitrogens is 1. The molecule has 3 nitrogen and oxygen atoms in total. The van der Waals surface area contributed by atoms with Crippen molar-refractivity contribution < 1.29 is 14.8 Å². The predicted octanol–water partition coefficient (Wildman–Crippen LogP) is 1.35. The maximum Gasteiger partial charge on any atom is 0.228 e. The molecule has 1 aromatic carbocycles. The van der Waals surface area contributed by atoms with E-state index in [0.29, 0.717) is 6.42 Å². The van der Waals surface area contributed by atoms with Crippen molar-refractivity contribution in [3.8, 4) is 0 Å². The molecule has 0 spiro atoms. The molecule has 0 aliphatic carbocycles. The summed E-state index contributed by atoms with van der Waals surface area (Å²) in [5, 5.41) is 22.5. The molecule has 102 valence electrons. The van der Waals surface area contributed by atoms with Gasteiger partial charge in [-0.25, -0.2) is 0 Å². The summed E-state index contributed by atoms with van der Waals surface area (Å²) in [5.41, 5.74) is 1.90. The quantitative estimate of drug-likeness (QED) is 0.839. The number of thiazole rings is 1. The fourth-order valence-electron chi connectivity index (χ4n) is 2.26. The van der Waals surface area contributed by atoms with Crippen LogP contribution in [0.3, 0.4) is 0 Å². The number of hydrogen-bond donors (Lipinski definition) is 1. The molecule has 0 aliphatic rings. The third-order valence-corrected chi connectivity index (χ3v) is 4.67. The molecule has 0 bridgehead atoms. The van der Waals surface area contributed by atoms with Crippen LogP contribution in [0.1, 0.15) is 34.2 Å². The van der Waals surface area contributed by atoms with Crippen LogP contribution in [-0.4, -0.2) is 11.7 Å². The lowest BCUT2D eigenvalue weighted by molar-refractivity contribution is -0.712. The van der Waals surface area contributed by atoms with E-state index < -0.39 is 6.10 Å². The number of aliphatic hydroxyl groups excluding tert-OH is 1. The van der Waals surface area contributed by atoms with Crippen LogP contribution in [0.25, 0.3) is 0 Å². The fraction of sp³-hybridized carbons (Fsp3) is 0.400. The molecule has 4 heteroatoms. The molecule has 0 amide bonds. The SMILES string of the molecule is CC[n+]1c(C([O-])c2ccccc2)sc(CCO)c1C. The van der Waals surface area contributed by atoms with E-state index in [9.17, 15) is 5.11 Å². The third kappa shape index (κ3) is 2.86. The van der Waals surface area contributed by atoms with E-state index in [4.69, 9.17) is 5.11 Å². The Morgan fingerprint density at radius 1 is 1.32 bits per heavy atom. The van der Waals surface area contributed by atoms with Crippen molar-refractivity contribution in [3.63, 3.8) is 0 Å². The van der Waals surface area contributed by atoms with Gasteiger partial charge in [0.05, 0.1) is 4.88 Å². The highest BCUT2D eigenvalue weighted by Gasteiger charge is 2.23. The molecule has 2 rings (SSSR count). The Morgan fingerprint density at radius 3 is 2.58 bits per heavy atom. The minimum absolute atomic E-state index is 0.124. The maximum absolute atomic E-state index is 12.6. The van der Waals surface area contributed by atoms with Crippen molar-refractivity contribution in [2.75, 3.05) is 6.61 Å². The summed E-state index contributed by atoms with van der Waals surface area (Å²) in [6, 6.07) is 9.45. The van der Waals surface area contributed by atoms with Gasteiger partial charge in [-0.3, -0.25) is 0 Å². The molecule has 1 atom stereocenters. The zero-order chi connectivity index (χ0) is 13.8. The Morgan fingerprint density at radius 2 is 2.00 bits per heavy atom. The molecule has 0 fully saturated rings. The Hall–Kier alpha value is -1.23. The van der Waals surface area contributed by atoms with Crippen molar-refractivity contribution in [2.24, 2.45) is 0 Å². The lowest BCUT2D eigenvalue weighted by Gasteiger charge is -2.18. The van der Waals surface area contributed by atoms with E-state index in [-0.39, 0.29) is 6.61 Å². The van der Waals surface area contributed by atoms with Crippen LogP contribution >= 0.6 is 11.3 Å². The average Bonchev–Trinajstić information content (AvgIpc) is 2.76. The third-order valence-electron chi connectivity index (χ3n) is 3.28. The van der Waals surface area contributed by atoms with E-state index >= 15 is 0 Å². The smallest absolute Gasteiger partial charge is 0.228 e. The van der Waals surface area contributed by atoms with Crippen molar-refractivity contribution in [2.45, 2.75) is 32.9 Å². The first-order valence-electron chi connectivity index (χ1n) is 6.52. The summed E-state index contributed by atoms with van der Waals surface area (Å²) in [5.74, 6) is 0. The summed E-state index contributed by atoms with van der Waals surface area (Å²) in [6.07, 6.45) is -0.227. The van der Waals surface area contributed by atoms with Crippen LogP contribution in [0, 0.1) is 6.92 Å². The minimum Gasteiger partial charge on any atom is -0.840 e. The van der Waals surface area contributed by atoms with Crippen LogP contribution in [-0.2, 0) is 13.0 Å². The number of nitrogens with zero attached hydrogens (tertiary/aromatic N) is 1. The molecule has 0 saturated heterocycles.